The molecule has 1 aliphatic heterocycles. The van der Waals surface area contributed by atoms with Gasteiger partial charge in [-0.05, 0) is 24.3 Å². The smallest absolute Gasteiger partial charge is 0.231 e. The van der Waals surface area contributed by atoms with E-state index in [2.05, 4.69) is 5.32 Å². The van der Waals surface area contributed by atoms with Crippen molar-refractivity contribution in [3.05, 3.63) is 41.4 Å². The van der Waals surface area contributed by atoms with Gasteiger partial charge in [0.25, 0.3) is 0 Å². The van der Waals surface area contributed by atoms with Crippen molar-refractivity contribution >= 4 is 28.7 Å². The van der Waals surface area contributed by atoms with Crippen LogP contribution in [0.5, 0.6) is 11.5 Å². The van der Waals surface area contributed by atoms with Crippen molar-refractivity contribution in [3.8, 4) is 11.5 Å². The minimum atomic E-state index is 0.262. The van der Waals surface area contributed by atoms with E-state index < -0.39 is 0 Å². The highest BCUT2D eigenvalue weighted by Crippen LogP contribution is 2.36. The summed E-state index contributed by atoms with van der Waals surface area (Å²) >= 11 is 5.96. The van der Waals surface area contributed by atoms with Crippen LogP contribution in [-0.2, 0) is 0 Å². The first-order valence-electron chi connectivity index (χ1n) is 5.45. The summed E-state index contributed by atoms with van der Waals surface area (Å²) in [7, 11) is 0. The summed E-state index contributed by atoms with van der Waals surface area (Å²) in [5.41, 5.74) is 8.05. The first-order valence-corrected chi connectivity index (χ1v) is 5.82. The molecule has 3 N–H and O–H groups in total. The minimum Gasteiger partial charge on any atom is -0.454 e. The van der Waals surface area contributed by atoms with Crippen LogP contribution >= 0.6 is 11.6 Å². The topological polar surface area (TPSA) is 56.5 Å². The molecule has 2 aromatic carbocycles. The fourth-order valence-electron chi connectivity index (χ4n) is 1.78. The minimum absolute atomic E-state index is 0.262. The molecule has 1 heterocycles. The van der Waals surface area contributed by atoms with Crippen molar-refractivity contribution in [2.45, 2.75) is 0 Å². The second-order valence-electron chi connectivity index (χ2n) is 3.89. The molecule has 0 spiro atoms. The number of nitrogen functional groups attached to an aromatic ring is 1. The summed E-state index contributed by atoms with van der Waals surface area (Å²) in [4.78, 5) is 0. The van der Waals surface area contributed by atoms with Gasteiger partial charge in [-0.25, -0.2) is 0 Å². The molecule has 18 heavy (non-hydrogen) atoms. The van der Waals surface area contributed by atoms with Gasteiger partial charge in [-0.15, -0.1) is 0 Å². The fraction of sp³-hybridized carbons (Fsp3) is 0.0769. The van der Waals surface area contributed by atoms with Crippen LogP contribution < -0.4 is 20.5 Å². The molecule has 92 valence electrons. The lowest BCUT2D eigenvalue weighted by atomic mass is 10.2. The lowest BCUT2D eigenvalue weighted by molar-refractivity contribution is 0.174. The molecule has 0 fully saturated rings. The van der Waals surface area contributed by atoms with E-state index in [1.165, 1.54) is 0 Å². The van der Waals surface area contributed by atoms with E-state index in [9.17, 15) is 0 Å². The number of nitrogens with two attached hydrogens (primary N) is 1. The maximum Gasteiger partial charge on any atom is 0.231 e. The molecule has 0 radical (unpaired) electrons. The third kappa shape index (κ3) is 1.91. The Morgan fingerprint density at radius 2 is 1.94 bits per heavy atom. The number of ether oxygens (including phenoxy) is 2. The Morgan fingerprint density at radius 1 is 1.11 bits per heavy atom. The van der Waals surface area contributed by atoms with Crippen LogP contribution in [0.15, 0.2) is 36.4 Å². The van der Waals surface area contributed by atoms with Crippen molar-refractivity contribution in [1.82, 2.24) is 0 Å². The second-order valence-corrected chi connectivity index (χ2v) is 4.30. The van der Waals surface area contributed by atoms with Crippen molar-refractivity contribution in [1.29, 1.82) is 0 Å². The first-order chi connectivity index (χ1) is 8.74. The molecule has 5 heteroatoms. The van der Waals surface area contributed by atoms with E-state index in [-0.39, 0.29) is 6.79 Å². The van der Waals surface area contributed by atoms with Crippen LogP contribution in [0.2, 0.25) is 5.02 Å². The average molecular weight is 263 g/mol. The van der Waals surface area contributed by atoms with Crippen LogP contribution in [0, 0.1) is 0 Å². The lowest BCUT2D eigenvalue weighted by Gasteiger charge is -2.10. The molecule has 0 aromatic heterocycles. The van der Waals surface area contributed by atoms with Crippen LogP contribution in [0.25, 0.3) is 0 Å². The maximum atomic E-state index is 5.96. The highest BCUT2D eigenvalue weighted by molar-refractivity contribution is 6.33. The Labute approximate surface area is 109 Å². The number of hydrogen-bond donors (Lipinski definition) is 2. The molecule has 0 saturated heterocycles. The van der Waals surface area contributed by atoms with E-state index >= 15 is 0 Å². The molecule has 0 saturated carbocycles. The van der Waals surface area contributed by atoms with E-state index in [1.54, 1.807) is 6.07 Å². The third-order valence-corrected chi connectivity index (χ3v) is 3.03. The molecule has 0 bridgehead atoms. The number of rotatable bonds is 2. The molecular weight excluding hydrogens is 252 g/mol. The zero-order chi connectivity index (χ0) is 12.5. The van der Waals surface area contributed by atoms with Gasteiger partial charge >= 0.3 is 0 Å². The number of halogens is 1. The second kappa shape index (κ2) is 4.31. The van der Waals surface area contributed by atoms with Gasteiger partial charge in [-0.1, -0.05) is 17.7 Å². The summed E-state index contributed by atoms with van der Waals surface area (Å²) in [5.74, 6) is 1.47. The van der Waals surface area contributed by atoms with Crippen LogP contribution in [-0.4, -0.2) is 6.79 Å². The van der Waals surface area contributed by atoms with Crippen molar-refractivity contribution in [3.63, 3.8) is 0 Å². The summed E-state index contributed by atoms with van der Waals surface area (Å²) in [6.07, 6.45) is 0. The van der Waals surface area contributed by atoms with E-state index in [0.29, 0.717) is 10.7 Å². The zero-order valence-corrected chi connectivity index (χ0v) is 10.2. The van der Waals surface area contributed by atoms with Crippen molar-refractivity contribution < 1.29 is 9.47 Å². The summed E-state index contributed by atoms with van der Waals surface area (Å²) in [5, 5.41) is 3.73. The average Bonchev–Trinajstić information content (AvgIpc) is 2.82. The predicted octanol–water partition coefficient (Wildman–Crippen LogP) is 3.39. The highest BCUT2D eigenvalue weighted by atomic mass is 35.5. The predicted molar refractivity (Wildman–Crippen MR) is 71.7 cm³/mol. The van der Waals surface area contributed by atoms with Gasteiger partial charge in [0.2, 0.25) is 6.79 Å². The van der Waals surface area contributed by atoms with Crippen LogP contribution in [0.4, 0.5) is 17.1 Å². The SMILES string of the molecule is Nc1c(Cl)cccc1Nc1ccc2c(c1)OCO2. The van der Waals surface area contributed by atoms with E-state index in [4.69, 9.17) is 26.8 Å². The van der Waals surface area contributed by atoms with Crippen LogP contribution in [0.3, 0.4) is 0 Å². The molecule has 0 aliphatic carbocycles. The molecule has 0 amide bonds. The molecule has 1 aliphatic rings. The van der Waals surface area contributed by atoms with Gasteiger partial charge in [0.15, 0.2) is 11.5 Å². The van der Waals surface area contributed by atoms with Crippen LogP contribution in [0.1, 0.15) is 0 Å². The Morgan fingerprint density at radius 3 is 2.83 bits per heavy atom. The Kier molecular flexibility index (Phi) is 2.64. The quantitative estimate of drug-likeness (QED) is 0.815. The molecule has 3 rings (SSSR count). The van der Waals surface area contributed by atoms with Gasteiger partial charge in [-0.2, -0.15) is 0 Å². The van der Waals surface area contributed by atoms with Crippen molar-refractivity contribution in [2.75, 3.05) is 17.8 Å². The van der Waals surface area contributed by atoms with E-state index in [0.717, 1.165) is 22.9 Å². The Balaban J connectivity index is 1.90. The van der Waals surface area contributed by atoms with Gasteiger partial charge < -0.3 is 20.5 Å². The molecule has 2 aromatic rings. The Hall–Kier alpha value is -2.07. The normalized spacial score (nSPS) is 12.5. The molecule has 0 atom stereocenters. The first kappa shape index (κ1) is 11.0. The standard InChI is InChI=1S/C13H11ClN2O2/c14-9-2-1-3-10(13(9)15)16-8-4-5-11-12(6-8)18-7-17-11/h1-6,16H,7,15H2. The monoisotopic (exact) mass is 262 g/mol. The summed E-state index contributed by atoms with van der Waals surface area (Å²) in [6.45, 7) is 0.262. The fourth-order valence-corrected chi connectivity index (χ4v) is 1.95. The lowest BCUT2D eigenvalue weighted by Crippen LogP contribution is -1.96. The maximum absolute atomic E-state index is 5.96. The van der Waals surface area contributed by atoms with Gasteiger partial charge in [-0.3, -0.25) is 0 Å². The van der Waals surface area contributed by atoms with Gasteiger partial charge in [0.05, 0.1) is 16.4 Å². The van der Waals surface area contributed by atoms with Gasteiger partial charge in [0.1, 0.15) is 0 Å². The summed E-state index contributed by atoms with van der Waals surface area (Å²) < 4.78 is 10.6. The number of nitrogens with one attached hydrogen (secondary N) is 1. The van der Waals surface area contributed by atoms with Gasteiger partial charge in [0, 0.05) is 11.8 Å². The largest absolute Gasteiger partial charge is 0.454 e. The number of fused-ring (bicyclic) bond motifs is 1. The Bertz CT molecular complexity index is 602. The number of hydrogen-bond acceptors (Lipinski definition) is 4. The number of benzene rings is 2. The summed E-state index contributed by atoms with van der Waals surface area (Å²) in [6, 6.07) is 11.1. The highest BCUT2D eigenvalue weighted by Gasteiger charge is 2.13. The molecular formula is C13H11ClN2O2. The van der Waals surface area contributed by atoms with E-state index in [1.807, 2.05) is 30.3 Å². The number of para-hydroxylation sites is 1. The number of anilines is 3. The molecule has 0 unspecified atom stereocenters. The van der Waals surface area contributed by atoms with Crippen molar-refractivity contribution in [2.24, 2.45) is 0 Å². The zero-order valence-electron chi connectivity index (χ0n) is 9.44. The molecule has 4 nitrogen and oxygen atoms in total. The third-order valence-electron chi connectivity index (χ3n) is 2.70.